The molecule has 2 amide bonds. The molecule has 0 saturated carbocycles. The van der Waals surface area contributed by atoms with Crippen LogP contribution in [0.2, 0.25) is 0 Å². The van der Waals surface area contributed by atoms with E-state index in [9.17, 15) is 18.4 Å². The van der Waals surface area contributed by atoms with Gasteiger partial charge >= 0.3 is 0 Å². The van der Waals surface area contributed by atoms with Gasteiger partial charge in [-0.3, -0.25) is 14.6 Å². The van der Waals surface area contributed by atoms with E-state index in [1.54, 1.807) is 31.3 Å². The molecule has 6 rings (SSSR count). The van der Waals surface area contributed by atoms with Crippen molar-refractivity contribution >= 4 is 29.0 Å². The summed E-state index contributed by atoms with van der Waals surface area (Å²) in [5, 5.41) is 2.66. The number of pyridine rings is 2. The molecule has 2 unspecified atom stereocenters. The zero-order valence-electron chi connectivity index (χ0n) is 20.7. The fourth-order valence-electron chi connectivity index (χ4n) is 5.92. The van der Waals surface area contributed by atoms with Gasteiger partial charge in [0.1, 0.15) is 12.4 Å². The standard InChI is InChI=1S/C28H26F3N5O2/c1-15-25-20(6-3-11-32-25)24-21(13-22(34-27(24)31)36-18-4-2-5-19(36)12-18)35(28(15)38)14-23(37)33-17-9-7-16(8-10-17)26(29)30/h3,6-11,13,15,18-19,26H,2,4-5,12,14H2,1H3,(H,33,37)/t15-,18?,19?/m1/s1. The Hall–Kier alpha value is -3.95. The number of nitrogens with one attached hydrogen (secondary N) is 1. The molecule has 7 nitrogen and oxygen atoms in total. The van der Waals surface area contributed by atoms with E-state index in [0.717, 1.165) is 25.7 Å². The summed E-state index contributed by atoms with van der Waals surface area (Å²) in [7, 11) is 0. The number of amides is 2. The molecule has 3 aromatic rings. The van der Waals surface area contributed by atoms with Crippen molar-refractivity contribution < 1.29 is 22.8 Å². The molecule has 3 aliphatic heterocycles. The van der Waals surface area contributed by atoms with Crippen LogP contribution in [0.1, 0.15) is 56.2 Å². The van der Waals surface area contributed by atoms with E-state index in [1.165, 1.54) is 29.2 Å². The zero-order chi connectivity index (χ0) is 26.6. The van der Waals surface area contributed by atoms with Gasteiger partial charge in [0.25, 0.3) is 6.43 Å². The number of aromatic nitrogens is 2. The molecule has 0 aliphatic carbocycles. The molecule has 1 N–H and O–H groups in total. The van der Waals surface area contributed by atoms with Gasteiger partial charge in [-0.25, -0.2) is 13.8 Å². The maximum Gasteiger partial charge on any atom is 0.263 e. The van der Waals surface area contributed by atoms with Crippen molar-refractivity contribution in [1.29, 1.82) is 0 Å². The summed E-state index contributed by atoms with van der Waals surface area (Å²) >= 11 is 0. The average molecular weight is 522 g/mol. The van der Waals surface area contributed by atoms with Gasteiger partial charge in [0.15, 0.2) is 0 Å². The Morgan fingerprint density at radius 2 is 1.89 bits per heavy atom. The Morgan fingerprint density at radius 1 is 1.16 bits per heavy atom. The number of carbonyl (C=O) groups excluding carboxylic acids is 2. The van der Waals surface area contributed by atoms with Gasteiger partial charge in [-0.05, 0) is 50.8 Å². The number of rotatable bonds is 5. The number of piperidine rings is 1. The molecule has 3 atom stereocenters. The van der Waals surface area contributed by atoms with Crippen molar-refractivity contribution in [3.8, 4) is 11.1 Å². The highest BCUT2D eigenvalue weighted by atomic mass is 19.3. The molecule has 1 aromatic carbocycles. The molecule has 196 valence electrons. The Kier molecular flexibility index (Phi) is 6.04. The summed E-state index contributed by atoms with van der Waals surface area (Å²) in [6.07, 6.45) is 3.12. The first kappa shape index (κ1) is 24.4. The lowest BCUT2D eigenvalue weighted by Gasteiger charge is -2.53. The summed E-state index contributed by atoms with van der Waals surface area (Å²) in [5.74, 6) is -1.93. The van der Waals surface area contributed by atoms with Crippen LogP contribution in [0.4, 0.5) is 30.4 Å². The number of alkyl halides is 2. The Bertz CT molecular complexity index is 1400. The van der Waals surface area contributed by atoms with Crippen LogP contribution in [0.5, 0.6) is 0 Å². The molecular formula is C28H26F3N5O2. The third-order valence-electron chi connectivity index (χ3n) is 7.80. The summed E-state index contributed by atoms with van der Waals surface area (Å²) in [5.41, 5.74) is 1.44. The predicted molar refractivity (Wildman–Crippen MR) is 137 cm³/mol. The molecule has 10 heteroatoms. The van der Waals surface area contributed by atoms with Crippen LogP contribution in [0.3, 0.4) is 0 Å². The topological polar surface area (TPSA) is 78.4 Å². The van der Waals surface area contributed by atoms with Crippen molar-refractivity contribution in [3.05, 3.63) is 65.9 Å². The van der Waals surface area contributed by atoms with Crippen LogP contribution in [0, 0.1) is 5.95 Å². The van der Waals surface area contributed by atoms with E-state index in [4.69, 9.17) is 0 Å². The van der Waals surface area contributed by atoms with E-state index < -0.39 is 36.7 Å². The van der Waals surface area contributed by atoms with Crippen molar-refractivity contribution in [1.82, 2.24) is 9.97 Å². The Balaban J connectivity index is 1.38. The first-order chi connectivity index (χ1) is 18.3. The van der Waals surface area contributed by atoms with E-state index in [1.807, 2.05) is 0 Å². The summed E-state index contributed by atoms with van der Waals surface area (Å²) in [6, 6.07) is 10.9. The van der Waals surface area contributed by atoms with Gasteiger partial charge in [-0.15, -0.1) is 0 Å². The van der Waals surface area contributed by atoms with Crippen molar-refractivity contribution in [2.75, 3.05) is 21.7 Å². The predicted octanol–water partition coefficient (Wildman–Crippen LogP) is 5.44. The fourth-order valence-corrected chi connectivity index (χ4v) is 5.92. The Labute approximate surface area is 217 Å². The Morgan fingerprint density at radius 3 is 2.58 bits per heavy atom. The average Bonchev–Trinajstić information content (AvgIpc) is 2.99. The van der Waals surface area contributed by atoms with E-state index >= 15 is 4.39 Å². The molecular weight excluding hydrogens is 495 g/mol. The lowest BCUT2D eigenvalue weighted by Crippen LogP contribution is -2.59. The minimum atomic E-state index is -2.62. The van der Waals surface area contributed by atoms with Crippen molar-refractivity contribution in [2.45, 2.75) is 57.0 Å². The maximum absolute atomic E-state index is 15.8. The van der Waals surface area contributed by atoms with E-state index in [-0.39, 0.29) is 16.8 Å². The van der Waals surface area contributed by atoms with Gasteiger partial charge < -0.3 is 15.1 Å². The molecule has 2 fully saturated rings. The monoisotopic (exact) mass is 521 g/mol. The van der Waals surface area contributed by atoms with Gasteiger partial charge in [0.05, 0.1) is 22.9 Å². The zero-order valence-corrected chi connectivity index (χ0v) is 20.7. The van der Waals surface area contributed by atoms with Gasteiger partial charge in [0.2, 0.25) is 17.8 Å². The van der Waals surface area contributed by atoms with Crippen LogP contribution >= 0.6 is 0 Å². The maximum atomic E-state index is 15.8. The summed E-state index contributed by atoms with van der Waals surface area (Å²) in [4.78, 5) is 38.9. The van der Waals surface area contributed by atoms with Crippen LogP contribution < -0.4 is 15.1 Å². The first-order valence-corrected chi connectivity index (χ1v) is 12.8. The number of hydrogen-bond acceptors (Lipinski definition) is 5. The van der Waals surface area contributed by atoms with Crippen molar-refractivity contribution in [3.63, 3.8) is 0 Å². The van der Waals surface area contributed by atoms with Gasteiger partial charge in [0, 0.05) is 41.2 Å². The number of fused-ring (bicyclic) bond motifs is 5. The third kappa shape index (κ3) is 4.08. The molecule has 2 aromatic heterocycles. The number of anilines is 3. The SMILES string of the molecule is C[C@H]1C(=O)N(CC(=O)Nc2ccc(C(F)F)cc2)c2cc(N3C4CCCC3C4)nc(F)c2-c2cccnc21. The summed E-state index contributed by atoms with van der Waals surface area (Å²) < 4.78 is 41.6. The number of benzene rings is 1. The minimum Gasteiger partial charge on any atom is -0.350 e. The minimum absolute atomic E-state index is 0.134. The second-order valence-electron chi connectivity index (χ2n) is 10.1. The fraction of sp³-hybridized carbons (Fsp3) is 0.357. The lowest BCUT2D eigenvalue weighted by molar-refractivity contribution is -0.122. The number of halogens is 3. The largest absolute Gasteiger partial charge is 0.350 e. The van der Waals surface area contributed by atoms with E-state index in [2.05, 4.69) is 20.2 Å². The number of hydrogen-bond donors (Lipinski definition) is 1. The van der Waals surface area contributed by atoms with Crippen LogP contribution in [0.15, 0.2) is 48.7 Å². The molecule has 5 heterocycles. The van der Waals surface area contributed by atoms with Gasteiger partial charge in [-0.2, -0.15) is 4.39 Å². The smallest absolute Gasteiger partial charge is 0.263 e. The van der Waals surface area contributed by atoms with Crippen LogP contribution in [-0.4, -0.2) is 40.4 Å². The molecule has 0 spiro atoms. The molecule has 0 radical (unpaired) electrons. The van der Waals surface area contributed by atoms with Gasteiger partial charge in [-0.1, -0.05) is 18.2 Å². The highest BCUT2D eigenvalue weighted by molar-refractivity contribution is 6.09. The highest BCUT2D eigenvalue weighted by Gasteiger charge is 2.43. The highest BCUT2D eigenvalue weighted by Crippen LogP contribution is 2.46. The molecule has 3 aliphatic rings. The van der Waals surface area contributed by atoms with Crippen LogP contribution in [0.25, 0.3) is 11.1 Å². The number of carbonyl (C=O) groups is 2. The quantitative estimate of drug-likeness (QED) is 0.453. The molecule has 38 heavy (non-hydrogen) atoms. The molecule has 2 saturated heterocycles. The van der Waals surface area contributed by atoms with Crippen molar-refractivity contribution in [2.24, 2.45) is 0 Å². The first-order valence-electron chi connectivity index (χ1n) is 12.8. The molecule has 2 bridgehead atoms. The second kappa shape index (κ2) is 9.41. The third-order valence-corrected chi connectivity index (χ3v) is 7.80. The van der Waals surface area contributed by atoms with Crippen LogP contribution in [-0.2, 0) is 9.59 Å². The normalized spacial score (nSPS) is 21.9. The summed E-state index contributed by atoms with van der Waals surface area (Å²) in [6.45, 7) is 1.29. The lowest BCUT2D eigenvalue weighted by atomic mass is 9.79. The second-order valence-corrected chi connectivity index (χ2v) is 10.1. The number of nitrogens with zero attached hydrogens (tertiary/aromatic N) is 4. The van der Waals surface area contributed by atoms with E-state index in [0.29, 0.717) is 34.8 Å².